The molecule has 3 heterocycles. The molecule has 1 aliphatic heterocycles. The maximum absolute atomic E-state index is 5.87. The molecule has 0 fully saturated rings. The summed E-state index contributed by atoms with van der Waals surface area (Å²) >= 11 is 11.6. The fraction of sp³-hybridized carbons (Fsp3) is 0. The summed E-state index contributed by atoms with van der Waals surface area (Å²) in [6, 6.07) is 5.45. The molecule has 0 unspecified atom stereocenters. The molecule has 3 rings (SSSR count). The van der Waals surface area contributed by atoms with E-state index in [2.05, 4.69) is 20.3 Å². The van der Waals surface area contributed by atoms with Gasteiger partial charge in [0.05, 0.1) is 22.6 Å². The predicted molar refractivity (Wildman–Crippen MR) is 68.3 cm³/mol. The van der Waals surface area contributed by atoms with E-state index in [0.29, 0.717) is 10.9 Å². The van der Waals surface area contributed by atoms with Crippen LogP contribution in [0.25, 0.3) is 0 Å². The zero-order valence-electron chi connectivity index (χ0n) is 8.48. The molecule has 0 bridgehead atoms. The van der Waals surface area contributed by atoms with E-state index in [1.54, 1.807) is 18.5 Å². The zero-order valence-corrected chi connectivity index (χ0v) is 10.00. The third-order valence-corrected chi connectivity index (χ3v) is 2.99. The summed E-state index contributed by atoms with van der Waals surface area (Å²) < 4.78 is 0. The topological polar surface area (TPSA) is 50.2 Å². The molecule has 1 N–H and O–H groups in total. The second-order valence-electron chi connectivity index (χ2n) is 3.45. The molecule has 0 saturated carbocycles. The second kappa shape index (κ2) is 3.98. The highest BCUT2D eigenvalue weighted by Crippen LogP contribution is 2.29. The van der Waals surface area contributed by atoms with Crippen LogP contribution in [-0.4, -0.2) is 15.8 Å². The van der Waals surface area contributed by atoms with Gasteiger partial charge < -0.3 is 5.32 Å². The van der Waals surface area contributed by atoms with Crippen molar-refractivity contribution < 1.29 is 0 Å². The summed E-state index contributed by atoms with van der Waals surface area (Å²) in [6.45, 7) is 0. The largest absolute Gasteiger partial charge is 0.337 e. The fourth-order valence-electron chi connectivity index (χ4n) is 1.50. The van der Waals surface area contributed by atoms with E-state index in [1.807, 2.05) is 12.1 Å². The first-order valence-corrected chi connectivity index (χ1v) is 5.62. The minimum Gasteiger partial charge on any atom is -0.337 e. The maximum atomic E-state index is 5.87. The molecule has 84 valence electrons. The molecule has 17 heavy (non-hydrogen) atoms. The van der Waals surface area contributed by atoms with Crippen molar-refractivity contribution in [2.45, 2.75) is 0 Å². The van der Waals surface area contributed by atoms with E-state index >= 15 is 0 Å². The second-order valence-corrected chi connectivity index (χ2v) is 4.22. The van der Waals surface area contributed by atoms with Crippen LogP contribution < -0.4 is 5.32 Å². The van der Waals surface area contributed by atoms with Gasteiger partial charge in [0.25, 0.3) is 0 Å². The van der Waals surface area contributed by atoms with Crippen molar-refractivity contribution in [3.8, 4) is 0 Å². The molecule has 4 nitrogen and oxygen atoms in total. The average Bonchev–Trinajstić information content (AvgIpc) is 2.31. The van der Waals surface area contributed by atoms with Gasteiger partial charge in [0.2, 0.25) is 0 Å². The Bertz CT molecular complexity index is 625. The van der Waals surface area contributed by atoms with Gasteiger partial charge in [-0.15, -0.1) is 0 Å². The van der Waals surface area contributed by atoms with E-state index in [9.17, 15) is 0 Å². The van der Waals surface area contributed by atoms with E-state index in [4.69, 9.17) is 23.2 Å². The Kier molecular flexibility index (Phi) is 2.46. The summed E-state index contributed by atoms with van der Waals surface area (Å²) in [6.07, 6.45) is 3.32. The molecular weight excluding hydrogens is 259 g/mol. The minimum atomic E-state index is 0.284. The van der Waals surface area contributed by atoms with Crippen LogP contribution in [0, 0.1) is 0 Å². The van der Waals surface area contributed by atoms with Crippen molar-refractivity contribution in [3.05, 3.63) is 46.5 Å². The normalized spacial score (nSPS) is 12.5. The van der Waals surface area contributed by atoms with Crippen LogP contribution in [0.4, 0.5) is 11.4 Å². The summed E-state index contributed by atoms with van der Waals surface area (Å²) in [5.41, 5.74) is 2.45. The number of rotatable bonds is 1. The first-order chi connectivity index (χ1) is 8.24. The Labute approximate surface area is 107 Å². The van der Waals surface area contributed by atoms with E-state index in [0.717, 1.165) is 17.1 Å². The van der Waals surface area contributed by atoms with Crippen molar-refractivity contribution in [2.24, 2.45) is 4.99 Å². The number of nitrogens with zero attached hydrogens (tertiary/aromatic N) is 3. The number of aromatic nitrogens is 2. The van der Waals surface area contributed by atoms with E-state index < -0.39 is 0 Å². The van der Waals surface area contributed by atoms with Gasteiger partial charge in [-0.3, -0.25) is 4.98 Å². The lowest BCUT2D eigenvalue weighted by Gasteiger charge is -2.18. The van der Waals surface area contributed by atoms with Crippen molar-refractivity contribution in [1.29, 1.82) is 0 Å². The zero-order chi connectivity index (χ0) is 11.8. The van der Waals surface area contributed by atoms with Crippen LogP contribution in [0.3, 0.4) is 0 Å². The lowest BCUT2D eigenvalue weighted by molar-refractivity contribution is 1.21. The van der Waals surface area contributed by atoms with Gasteiger partial charge >= 0.3 is 0 Å². The molecule has 0 atom stereocenters. The predicted octanol–water partition coefficient (Wildman–Crippen LogP) is 3.29. The Morgan fingerprint density at radius 1 is 1.18 bits per heavy atom. The molecular formula is C11H6Cl2N4. The van der Waals surface area contributed by atoms with Crippen molar-refractivity contribution in [1.82, 2.24) is 9.97 Å². The van der Waals surface area contributed by atoms with Gasteiger partial charge in [0, 0.05) is 6.20 Å². The summed E-state index contributed by atoms with van der Waals surface area (Å²) in [7, 11) is 0. The summed E-state index contributed by atoms with van der Waals surface area (Å²) in [5, 5.41) is 3.77. The third-order valence-electron chi connectivity index (χ3n) is 2.30. The van der Waals surface area contributed by atoms with Crippen LogP contribution in [-0.2, 0) is 0 Å². The molecule has 0 aliphatic carbocycles. The molecule has 2 aromatic rings. The van der Waals surface area contributed by atoms with Gasteiger partial charge in [-0.1, -0.05) is 23.2 Å². The van der Waals surface area contributed by atoms with Crippen LogP contribution in [0.15, 0.2) is 35.6 Å². The number of hydrogen-bond acceptors (Lipinski definition) is 4. The molecule has 6 heteroatoms. The number of pyridine rings is 2. The highest BCUT2D eigenvalue weighted by Gasteiger charge is 2.19. The molecule has 0 aromatic carbocycles. The molecule has 2 aromatic heterocycles. The van der Waals surface area contributed by atoms with Crippen LogP contribution in [0.5, 0.6) is 0 Å². The average molecular weight is 265 g/mol. The lowest BCUT2D eigenvalue weighted by Crippen LogP contribution is -2.21. The molecule has 1 aliphatic rings. The van der Waals surface area contributed by atoms with Crippen LogP contribution >= 0.6 is 23.2 Å². The quantitative estimate of drug-likeness (QED) is 0.805. The minimum absolute atomic E-state index is 0.284. The number of aliphatic imine (C=N–C) groups is 1. The summed E-state index contributed by atoms with van der Waals surface area (Å²) in [5.74, 6) is 0.709. The number of nitrogens with one attached hydrogen (secondary N) is 1. The van der Waals surface area contributed by atoms with E-state index in [-0.39, 0.29) is 5.15 Å². The standard InChI is InChI=1S/C11H6Cl2N4/c12-7-4-6(5-15-10(7)13)16-11-9-8(17-11)2-1-3-14-9/h1-5H,(H,16,17). The first-order valence-electron chi connectivity index (χ1n) is 4.86. The SMILES string of the molecule is Clc1cc(NC2=Nc3cccnc32)cnc1Cl. The lowest BCUT2D eigenvalue weighted by atomic mass is 10.2. The van der Waals surface area contributed by atoms with Crippen LogP contribution in [0.1, 0.15) is 5.69 Å². The number of anilines is 1. The molecule has 0 spiro atoms. The highest BCUT2D eigenvalue weighted by atomic mass is 35.5. The smallest absolute Gasteiger partial charge is 0.159 e. The fourth-order valence-corrected chi connectivity index (χ4v) is 1.77. The monoisotopic (exact) mass is 264 g/mol. The van der Waals surface area contributed by atoms with Gasteiger partial charge in [-0.25, -0.2) is 9.98 Å². The first kappa shape index (κ1) is 10.5. The molecule has 0 saturated heterocycles. The maximum Gasteiger partial charge on any atom is 0.159 e. The number of halogens is 2. The molecule has 0 radical (unpaired) electrons. The van der Waals surface area contributed by atoms with Gasteiger partial charge in [-0.2, -0.15) is 0 Å². The number of amidine groups is 1. The Morgan fingerprint density at radius 2 is 2.06 bits per heavy atom. The van der Waals surface area contributed by atoms with Gasteiger partial charge in [0.1, 0.15) is 10.8 Å². The summed E-state index contributed by atoms with van der Waals surface area (Å²) in [4.78, 5) is 12.4. The highest BCUT2D eigenvalue weighted by molar-refractivity contribution is 6.41. The third kappa shape index (κ3) is 1.85. The van der Waals surface area contributed by atoms with E-state index in [1.165, 1.54) is 0 Å². The van der Waals surface area contributed by atoms with Crippen LogP contribution in [0.2, 0.25) is 10.2 Å². The molecule has 0 amide bonds. The van der Waals surface area contributed by atoms with Crippen molar-refractivity contribution >= 4 is 40.4 Å². The van der Waals surface area contributed by atoms with Gasteiger partial charge in [-0.05, 0) is 18.2 Å². The Balaban J connectivity index is 1.84. The number of fused-ring (bicyclic) bond motifs is 1. The van der Waals surface area contributed by atoms with Crippen molar-refractivity contribution in [3.63, 3.8) is 0 Å². The van der Waals surface area contributed by atoms with Gasteiger partial charge in [0.15, 0.2) is 5.84 Å². The van der Waals surface area contributed by atoms with Crippen molar-refractivity contribution in [2.75, 3.05) is 5.32 Å². The Morgan fingerprint density at radius 3 is 2.82 bits per heavy atom. The Hall–Kier alpha value is -1.65. The number of hydrogen-bond donors (Lipinski definition) is 1.